The first kappa shape index (κ1) is 23.8. The van der Waals surface area contributed by atoms with Crippen molar-refractivity contribution >= 4 is 11.0 Å². The highest BCUT2D eigenvalue weighted by atomic mass is 19.1. The molecule has 0 spiro atoms. The average molecular weight is 500 g/mol. The van der Waals surface area contributed by atoms with Crippen LogP contribution in [0.15, 0.2) is 58.1 Å². The minimum Gasteiger partial charge on any atom is -0.424 e. The molecule has 2 fully saturated rings. The Balaban J connectivity index is 1.24. The van der Waals surface area contributed by atoms with Crippen LogP contribution in [0, 0.1) is 24.6 Å². The lowest BCUT2D eigenvalue weighted by atomic mass is 9.78. The molecule has 2 aliphatic rings. The first-order valence-corrected chi connectivity index (χ1v) is 13.2. The molecule has 2 aliphatic carbocycles. The summed E-state index contributed by atoms with van der Waals surface area (Å²) >= 11 is 0. The van der Waals surface area contributed by atoms with Crippen LogP contribution in [-0.4, -0.2) is 15.0 Å². The molecular weight excluding hydrogens is 469 g/mol. The number of nitrogens with zero attached hydrogens (tertiary/aromatic N) is 3. The predicted molar refractivity (Wildman–Crippen MR) is 138 cm³/mol. The fourth-order valence-electron chi connectivity index (χ4n) is 5.94. The molecule has 37 heavy (non-hydrogen) atoms. The molecule has 2 unspecified atom stereocenters. The number of halogens is 1. The molecule has 7 heteroatoms. The van der Waals surface area contributed by atoms with Crippen LogP contribution in [0.25, 0.3) is 11.0 Å². The molecular formula is C30H30FN3O3. The van der Waals surface area contributed by atoms with Crippen molar-refractivity contribution in [3.8, 4) is 11.8 Å². The molecule has 0 amide bonds. The van der Waals surface area contributed by atoms with E-state index in [1.807, 2.05) is 13.0 Å². The van der Waals surface area contributed by atoms with Crippen molar-refractivity contribution in [1.82, 2.24) is 15.0 Å². The number of rotatable bonds is 7. The summed E-state index contributed by atoms with van der Waals surface area (Å²) in [6.45, 7) is 1.87. The van der Waals surface area contributed by atoms with Gasteiger partial charge in [-0.3, -0.25) is 4.98 Å². The van der Waals surface area contributed by atoms with Crippen LogP contribution in [0.2, 0.25) is 0 Å². The van der Waals surface area contributed by atoms with E-state index < -0.39 is 5.63 Å². The van der Waals surface area contributed by atoms with Crippen LogP contribution in [-0.2, 0) is 6.42 Å². The Hall–Kier alpha value is -3.61. The molecule has 0 radical (unpaired) electrons. The third kappa shape index (κ3) is 4.87. The molecule has 6 rings (SSSR count). The van der Waals surface area contributed by atoms with E-state index in [0.717, 1.165) is 36.1 Å². The minimum absolute atomic E-state index is 0.158. The molecule has 0 aliphatic heterocycles. The minimum atomic E-state index is -0.475. The Morgan fingerprint density at radius 1 is 1.03 bits per heavy atom. The first-order chi connectivity index (χ1) is 18.0. The summed E-state index contributed by atoms with van der Waals surface area (Å²) in [5.74, 6) is 1.90. The zero-order valence-electron chi connectivity index (χ0n) is 21.0. The van der Waals surface area contributed by atoms with Crippen LogP contribution >= 0.6 is 0 Å². The summed E-state index contributed by atoms with van der Waals surface area (Å²) in [4.78, 5) is 25.5. The van der Waals surface area contributed by atoms with E-state index in [-0.39, 0.29) is 24.2 Å². The van der Waals surface area contributed by atoms with Crippen LogP contribution in [0.5, 0.6) is 11.8 Å². The van der Waals surface area contributed by atoms with Crippen molar-refractivity contribution in [2.75, 3.05) is 0 Å². The van der Waals surface area contributed by atoms with Crippen molar-refractivity contribution in [3.05, 3.63) is 87.5 Å². The van der Waals surface area contributed by atoms with Crippen LogP contribution in [0.3, 0.4) is 0 Å². The number of hydrogen-bond donors (Lipinski definition) is 0. The Morgan fingerprint density at radius 3 is 2.65 bits per heavy atom. The van der Waals surface area contributed by atoms with Crippen LogP contribution in [0.4, 0.5) is 4.39 Å². The number of pyridine rings is 1. The van der Waals surface area contributed by atoms with Gasteiger partial charge in [-0.25, -0.2) is 19.2 Å². The molecule has 0 N–H and O–H groups in total. The maximum absolute atomic E-state index is 15.7. The van der Waals surface area contributed by atoms with Crippen molar-refractivity contribution in [3.63, 3.8) is 0 Å². The van der Waals surface area contributed by atoms with Gasteiger partial charge >= 0.3 is 11.6 Å². The lowest BCUT2D eigenvalue weighted by Gasteiger charge is -2.28. The smallest absolute Gasteiger partial charge is 0.340 e. The summed E-state index contributed by atoms with van der Waals surface area (Å²) in [5, 5.41) is 0.778. The van der Waals surface area contributed by atoms with Gasteiger partial charge in [0.2, 0.25) is 0 Å². The van der Waals surface area contributed by atoms with Crippen molar-refractivity contribution in [2.24, 2.45) is 11.8 Å². The normalized spacial score (nSPS) is 19.7. The van der Waals surface area contributed by atoms with E-state index in [0.29, 0.717) is 34.1 Å². The van der Waals surface area contributed by atoms with Gasteiger partial charge in [-0.2, -0.15) is 0 Å². The molecule has 2 atom stereocenters. The van der Waals surface area contributed by atoms with E-state index in [2.05, 4.69) is 15.0 Å². The van der Waals surface area contributed by atoms with Gasteiger partial charge in [0.05, 0.1) is 5.69 Å². The quantitative estimate of drug-likeness (QED) is 0.258. The molecule has 6 nitrogen and oxygen atoms in total. The average Bonchev–Trinajstić information content (AvgIpc) is 3.34. The Kier molecular flexibility index (Phi) is 6.45. The molecule has 1 aromatic carbocycles. The molecule has 3 aromatic heterocycles. The third-order valence-electron chi connectivity index (χ3n) is 8.19. The highest BCUT2D eigenvalue weighted by Gasteiger charge is 2.32. The van der Waals surface area contributed by atoms with Gasteiger partial charge in [-0.05, 0) is 79.8 Å². The number of hydrogen-bond acceptors (Lipinski definition) is 6. The van der Waals surface area contributed by atoms with Gasteiger partial charge in [0.25, 0.3) is 0 Å². The van der Waals surface area contributed by atoms with Crippen molar-refractivity contribution in [2.45, 2.75) is 64.2 Å². The number of ether oxygens (including phenoxy) is 1. The fourth-order valence-corrected chi connectivity index (χ4v) is 5.94. The van der Waals surface area contributed by atoms with E-state index in [1.165, 1.54) is 25.7 Å². The van der Waals surface area contributed by atoms with Crippen LogP contribution in [0.1, 0.15) is 73.2 Å². The van der Waals surface area contributed by atoms with Gasteiger partial charge in [-0.15, -0.1) is 0 Å². The standard InChI is InChI=1S/C30H30FN3O3/c1-18-24-9-8-23(36-30-33-11-3-12-34-30)17-26(24)37-29(35)25(18)16-21-10-13-32-28(27(21)31)22-7-6-20(15-22)14-19-4-2-5-19/h3,8-13,17,19-20,22H,2,4-7,14-16H2,1H3. The highest BCUT2D eigenvalue weighted by Crippen LogP contribution is 2.44. The van der Waals surface area contributed by atoms with Crippen molar-refractivity contribution < 1.29 is 13.5 Å². The summed E-state index contributed by atoms with van der Waals surface area (Å²) < 4.78 is 27.0. The first-order valence-electron chi connectivity index (χ1n) is 13.2. The number of aromatic nitrogens is 3. The number of fused-ring (bicyclic) bond motifs is 1. The highest BCUT2D eigenvalue weighted by molar-refractivity contribution is 5.82. The van der Waals surface area contributed by atoms with E-state index in [9.17, 15) is 4.79 Å². The molecule has 0 bridgehead atoms. The zero-order chi connectivity index (χ0) is 25.4. The maximum atomic E-state index is 15.7. The third-order valence-corrected chi connectivity index (χ3v) is 8.19. The second-order valence-electron chi connectivity index (χ2n) is 10.5. The lowest BCUT2D eigenvalue weighted by Crippen LogP contribution is -2.15. The zero-order valence-corrected chi connectivity index (χ0v) is 21.0. The van der Waals surface area contributed by atoms with E-state index >= 15 is 4.39 Å². The Labute approximate surface area is 214 Å². The maximum Gasteiger partial charge on any atom is 0.340 e. The molecule has 4 aromatic rings. The Morgan fingerprint density at radius 2 is 1.86 bits per heavy atom. The topological polar surface area (TPSA) is 78.1 Å². The summed E-state index contributed by atoms with van der Waals surface area (Å²) in [6, 6.07) is 8.85. The summed E-state index contributed by atoms with van der Waals surface area (Å²) in [6.07, 6.45) is 13.5. The van der Waals surface area contributed by atoms with E-state index in [1.54, 1.807) is 42.9 Å². The van der Waals surface area contributed by atoms with Crippen molar-refractivity contribution in [1.29, 1.82) is 0 Å². The van der Waals surface area contributed by atoms with E-state index in [4.69, 9.17) is 9.15 Å². The Bertz CT molecular complexity index is 1480. The fraction of sp³-hybridized carbons (Fsp3) is 0.400. The van der Waals surface area contributed by atoms with Crippen LogP contribution < -0.4 is 10.4 Å². The number of aryl methyl sites for hydroxylation is 1. The van der Waals surface area contributed by atoms with Gasteiger partial charge in [0.15, 0.2) is 0 Å². The molecule has 0 saturated heterocycles. The largest absolute Gasteiger partial charge is 0.424 e. The number of benzene rings is 1. The summed E-state index contributed by atoms with van der Waals surface area (Å²) in [7, 11) is 0. The molecule has 190 valence electrons. The second-order valence-corrected chi connectivity index (χ2v) is 10.5. The molecule has 3 heterocycles. The summed E-state index contributed by atoms with van der Waals surface area (Å²) in [5.41, 5.74) is 2.20. The van der Waals surface area contributed by atoms with Gasteiger partial charge in [-0.1, -0.05) is 19.3 Å². The SMILES string of the molecule is Cc1c(Cc2ccnc(C3CCC(CC4CCC4)C3)c2F)c(=O)oc2cc(Oc3ncccn3)ccc12. The second kappa shape index (κ2) is 10.0. The monoisotopic (exact) mass is 499 g/mol. The molecule has 2 saturated carbocycles. The van der Waals surface area contributed by atoms with Gasteiger partial charge in [0, 0.05) is 47.9 Å². The van der Waals surface area contributed by atoms with Gasteiger partial charge < -0.3 is 9.15 Å². The lowest BCUT2D eigenvalue weighted by molar-refractivity contribution is 0.249. The predicted octanol–water partition coefficient (Wildman–Crippen LogP) is 6.88. The van der Waals surface area contributed by atoms with Gasteiger partial charge in [0.1, 0.15) is 17.1 Å².